The van der Waals surface area contributed by atoms with Crippen LogP contribution in [0.3, 0.4) is 0 Å². The van der Waals surface area contributed by atoms with Crippen molar-refractivity contribution in [2.75, 3.05) is 5.32 Å². The maximum atomic E-state index is 12.6. The smallest absolute Gasteiger partial charge is 0.406 e. The number of benzene rings is 1. The number of halogens is 3. The Balaban J connectivity index is 1.67. The summed E-state index contributed by atoms with van der Waals surface area (Å²) in [7, 11) is 0. The first kappa shape index (κ1) is 21.6. The Kier molecular flexibility index (Phi) is 6.28. The average Bonchev–Trinajstić information content (AvgIpc) is 2.65. The summed E-state index contributed by atoms with van der Waals surface area (Å²) in [4.78, 5) is 29.0. The summed E-state index contributed by atoms with van der Waals surface area (Å²) >= 11 is 0. The predicted octanol–water partition coefficient (Wildman–Crippen LogP) is 4.37. The summed E-state index contributed by atoms with van der Waals surface area (Å²) in [5, 5.41) is 5.67. The Bertz CT molecular complexity index is 929. The number of pyridine rings is 1. The zero-order chi connectivity index (χ0) is 21.9. The molecule has 2 aromatic rings. The molecule has 0 saturated carbocycles. The lowest BCUT2D eigenvalue weighted by atomic mass is 9.91. The van der Waals surface area contributed by atoms with E-state index in [9.17, 15) is 22.8 Å². The molecule has 2 amide bonds. The van der Waals surface area contributed by atoms with Gasteiger partial charge in [0.25, 0.3) is 0 Å². The number of ether oxygens (including phenoxy) is 1. The van der Waals surface area contributed by atoms with Gasteiger partial charge >= 0.3 is 6.36 Å². The lowest BCUT2D eigenvalue weighted by molar-refractivity contribution is -0.274. The third-order valence-electron chi connectivity index (χ3n) is 4.84. The Morgan fingerprint density at radius 2 is 2.03 bits per heavy atom. The Hall–Kier alpha value is -3.10. The Morgan fingerprint density at radius 1 is 1.33 bits per heavy atom. The number of anilines is 1. The molecule has 6 nitrogen and oxygen atoms in total. The minimum Gasteiger partial charge on any atom is -0.406 e. The lowest BCUT2D eigenvalue weighted by Crippen LogP contribution is -2.32. The number of nitrogens with one attached hydrogen (secondary N) is 2. The first-order chi connectivity index (χ1) is 14.1. The number of fused-ring (bicyclic) bond motifs is 1. The second kappa shape index (κ2) is 8.73. The number of rotatable bonds is 6. The van der Waals surface area contributed by atoms with Crippen molar-refractivity contribution in [1.82, 2.24) is 10.3 Å². The van der Waals surface area contributed by atoms with E-state index >= 15 is 0 Å². The van der Waals surface area contributed by atoms with Crippen LogP contribution in [0, 0.1) is 6.92 Å². The van der Waals surface area contributed by atoms with Gasteiger partial charge in [-0.1, -0.05) is 19.1 Å². The number of carbonyl (C=O) groups excluding carboxylic acids is 2. The van der Waals surface area contributed by atoms with E-state index in [-0.39, 0.29) is 42.4 Å². The van der Waals surface area contributed by atoms with E-state index in [1.165, 1.54) is 24.3 Å². The van der Waals surface area contributed by atoms with Crippen LogP contribution < -0.4 is 15.4 Å². The van der Waals surface area contributed by atoms with Gasteiger partial charge in [0.1, 0.15) is 5.75 Å². The molecule has 0 radical (unpaired) electrons. The summed E-state index contributed by atoms with van der Waals surface area (Å²) in [5.74, 6) is -1.08. The Morgan fingerprint density at radius 3 is 2.67 bits per heavy atom. The summed E-state index contributed by atoms with van der Waals surface area (Å²) < 4.78 is 40.8. The second-order valence-corrected chi connectivity index (χ2v) is 7.24. The molecule has 1 aromatic carbocycles. The van der Waals surface area contributed by atoms with Crippen molar-refractivity contribution < 1.29 is 27.5 Å². The molecule has 0 fully saturated rings. The lowest BCUT2D eigenvalue weighted by Gasteiger charge is -2.25. The van der Waals surface area contributed by atoms with Crippen LogP contribution in [0.15, 0.2) is 36.5 Å². The van der Waals surface area contributed by atoms with Crippen LogP contribution in [-0.4, -0.2) is 23.2 Å². The molecule has 3 rings (SSSR count). The third kappa shape index (κ3) is 5.49. The maximum absolute atomic E-state index is 12.6. The number of hydrogen-bond donors (Lipinski definition) is 2. The molecule has 0 spiro atoms. The first-order valence-electron chi connectivity index (χ1n) is 9.56. The van der Waals surface area contributed by atoms with Crippen LogP contribution in [0.2, 0.25) is 0 Å². The van der Waals surface area contributed by atoms with E-state index in [0.717, 1.165) is 5.56 Å². The highest BCUT2D eigenvalue weighted by Gasteiger charge is 2.31. The molecule has 1 aromatic heterocycles. The van der Waals surface area contributed by atoms with Crippen LogP contribution in [0.1, 0.15) is 55.0 Å². The van der Waals surface area contributed by atoms with Crippen molar-refractivity contribution in [1.29, 1.82) is 0 Å². The zero-order valence-corrected chi connectivity index (χ0v) is 16.5. The number of hydrogen-bond acceptors (Lipinski definition) is 4. The zero-order valence-electron chi connectivity index (χ0n) is 16.5. The van der Waals surface area contributed by atoms with Gasteiger partial charge < -0.3 is 15.4 Å². The van der Waals surface area contributed by atoms with Gasteiger partial charge in [0, 0.05) is 25.0 Å². The molecule has 2 atom stereocenters. The van der Waals surface area contributed by atoms with Gasteiger partial charge in [0.2, 0.25) is 11.8 Å². The standard InChI is InChI=1S/C21H22F3N3O3/c1-3-16(13-4-6-15(7-5-13)30-21(22,23)24)26-18(28)9-14-10-19(29)27-17-8-12(2)11-25-20(14)17/h4-8,11,14,16H,3,9-10H2,1-2H3,(H,26,28)(H,27,29). The van der Waals surface area contributed by atoms with Crippen LogP contribution in [0.5, 0.6) is 5.75 Å². The molecule has 0 aliphatic carbocycles. The van der Waals surface area contributed by atoms with Gasteiger partial charge in [0.15, 0.2) is 0 Å². The van der Waals surface area contributed by atoms with Crippen LogP contribution in [0.25, 0.3) is 0 Å². The van der Waals surface area contributed by atoms with Gasteiger partial charge in [0.05, 0.1) is 17.4 Å². The summed E-state index contributed by atoms with van der Waals surface area (Å²) in [6.45, 7) is 3.73. The fraction of sp³-hybridized carbons (Fsp3) is 0.381. The van der Waals surface area contributed by atoms with Gasteiger partial charge in [-0.15, -0.1) is 13.2 Å². The fourth-order valence-electron chi connectivity index (χ4n) is 3.50. The monoisotopic (exact) mass is 421 g/mol. The number of nitrogens with zero attached hydrogens (tertiary/aromatic N) is 1. The second-order valence-electron chi connectivity index (χ2n) is 7.24. The molecule has 1 aliphatic heterocycles. The van der Waals surface area contributed by atoms with Crippen molar-refractivity contribution in [3.05, 3.63) is 53.3 Å². The number of aryl methyl sites for hydroxylation is 1. The van der Waals surface area contributed by atoms with Crippen molar-refractivity contribution in [2.24, 2.45) is 0 Å². The van der Waals surface area contributed by atoms with Crippen molar-refractivity contribution in [3.8, 4) is 5.75 Å². The molecule has 1 aliphatic rings. The number of alkyl halides is 3. The van der Waals surface area contributed by atoms with E-state index in [0.29, 0.717) is 23.4 Å². The van der Waals surface area contributed by atoms with E-state index in [4.69, 9.17) is 0 Å². The normalized spacial score (nSPS) is 17.0. The molecule has 2 N–H and O–H groups in total. The van der Waals surface area contributed by atoms with E-state index in [1.54, 1.807) is 6.20 Å². The molecular formula is C21H22F3N3O3. The van der Waals surface area contributed by atoms with Crippen molar-refractivity contribution in [2.45, 2.75) is 51.4 Å². The molecule has 0 bridgehead atoms. The summed E-state index contributed by atoms with van der Waals surface area (Å²) in [6.07, 6.45) is -2.26. The van der Waals surface area contributed by atoms with E-state index in [2.05, 4.69) is 20.4 Å². The fourth-order valence-corrected chi connectivity index (χ4v) is 3.50. The SMILES string of the molecule is CCC(NC(=O)CC1CC(=O)Nc2cc(C)cnc21)c1ccc(OC(F)(F)F)cc1. The molecule has 0 saturated heterocycles. The average molecular weight is 421 g/mol. The van der Waals surface area contributed by atoms with Gasteiger partial charge in [-0.2, -0.15) is 0 Å². The van der Waals surface area contributed by atoms with E-state index in [1.807, 2.05) is 19.9 Å². The third-order valence-corrected chi connectivity index (χ3v) is 4.84. The topological polar surface area (TPSA) is 80.3 Å². The summed E-state index contributed by atoms with van der Waals surface area (Å²) in [5.41, 5.74) is 2.87. The minimum absolute atomic E-state index is 0.0856. The highest BCUT2D eigenvalue weighted by Crippen LogP contribution is 2.33. The minimum atomic E-state index is -4.75. The van der Waals surface area contributed by atoms with Crippen LogP contribution in [0.4, 0.5) is 18.9 Å². The highest BCUT2D eigenvalue weighted by atomic mass is 19.4. The van der Waals surface area contributed by atoms with Gasteiger partial charge in [-0.25, -0.2) is 0 Å². The molecule has 9 heteroatoms. The Labute approximate surface area is 171 Å². The number of amides is 2. The van der Waals surface area contributed by atoms with Crippen molar-refractivity contribution in [3.63, 3.8) is 0 Å². The van der Waals surface area contributed by atoms with Crippen LogP contribution >= 0.6 is 0 Å². The van der Waals surface area contributed by atoms with Gasteiger partial charge in [-0.3, -0.25) is 14.6 Å². The van der Waals surface area contributed by atoms with Crippen LogP contribution in [-0.2, 0) is 9.59 Å². The highest BCUT2D eigenvalue weighted by molar-refractivity contribution is 5.95. The number of carbonyl (C=O) groups is 2. The number of aromatic nitrogens is 1. The summed E-state index contributed by atoms with van der Waals surface area (Å²) in [6, 6.07) is 6.85. The quantitative estimate of drug-likeness (QED) is 0.726. The molecule has 30 heavy (non-hydrogen) atoms. The van der Waals surface area contributed by atoms with E-state index < -0.39 is 6.36 Å². The maximum Gasteiger partial charge on any atom is 0.573 e. The molecule has 2 unspecified atom stereocenters. The first-order valence-corrected chi connectivity index (χ1v) is 9.56. The molecular weight excluding hydrogens is 399 g/mol. The van der Waals surface area contributed by atoms with Crippen molar-refractivity contribution >= 4 is 17.5 Å². The molecule has 2 heterocycles. The predicted molar refractivity (Wildman–Crippen MR) is 104 cm³/mol. The largest absolute Gasteiger partial charge is 0.573 e. The van der Waals surface area contributed by atoms with Gasteiger partial charge in [-0.05, 0) is 42.7 Å². The molecule has 160 valence electrons.